The highest BCUT2D eigenvalue weighted by Crippen LogP contribution is 2.31. The van der Waals surface area contributed by atoms with E-state index in [0.717, 1.165) is 10.9 Å². The summed E-state index contributed by atoms with van der Waals surface area (Å²) >= 11 is 3.09. The number of ether oxygens (including phenoxy) is 1. The van der Waals surface area contributed by atoms with E-state index >= 15 is 35.1 Å². The SMILES string of the molecule is Fc1c(F)c(F)c([B-](c2c(F)c(F)c(F)c(F)c2F)(c2c(F)c(F)c(F)c(F)c2F)c2c(F)c(F)c(F)c(F)c2F)c(F)c1F.O=C(C[n+]1c(C(=O)OCBr)ccc2ccccc21)c1ccccc1. The number of ketones is 1. The molecular formula is C43H15BBrF20NO3. The molecule has 0 fully saturated rings. The van der Waals surface area contributed by atoms with E-state index < -0.39 is 150 Å². The first kappa shape index (κ1) is 51.4. The Morgan fingerprint density at radius 1 is 0.406 bits per heavy atom. The molecule has 7 aromatic rings. The van der Waals surface area contributed by atoms with Crippen LogP contribution < -0.4 is 26.4 Å². The number of para-hydroxylation sites is 1. The zero-order chi connectivity index (χ0) is 51.3. The van der Waals surface area contributed by atoms with E-state index in [0.29, 0.717) is 11.3 Å². The third-order valence-electron chi connectivity index (χ3n) is 10.4. The normalized spacial score (nSPS) is 11.5. The molecule has 7 rings (SSSR count). The van der Waals surface area contributed by atoms with Gasteiger partial charge in [0.15, 0.2) is 69.8 Å². The third kappa shape index (κ3) is 8.30. The Balaban J connectivity index is 0.000000273. The summed E-state index contributed by atoms with van der Waals surface area (Å²) < 4.78 is 301. The topological polar surface area (TPSA) is 47.2 Å². The van der Waals surface area contributed by atoms with E-state index in [-0.39, 0.29) is 17.8 Å². The number of pyridine rings is 1. The van der Waals surface area contributed by atoms with Gasteiger partial charge in [-0.3, -0.25) is 4.79 Å². The van der Waals surface area contributed by atoms with Crippen LogP contribution in [0.5, 0.6) is 0 Å². The van der Waals surface area contributed by atoms with Crippen molar-refractivity contribution in [1.82, 2.24) is 0 Å². The summed E-state index contributed by atoms with van der Waals surface area (Å²) in [4.78, 5) is 24.9. The van der Waals surface area contributed by atoms with E-state index in [4.69, 9.17) is 4.74 Å². The second kappa shape index (κ2) is 19.6. The van der Waals surface area contributed by atoms with Crippen LogP contribution in [0.2, 0.25) is 0 Å². The predicted octanol–water partition coefficient (Wildman–Crippen LogP) is 9.37. The number of aromatic nitrogens is 1. The van der Waals surface area contributed by atoms with Gasteiger partial charge in [-0.15, -0.1) is 21.9 Å². The van der Waals surface area contributed by atoms with Crippen molar-refractivity contribution in [3.8, 4) is 0 Å². The molecule has 6 aromatic carbocycles. The number of halogens is 21. The van der Waals surface area contributed by atoms with Crippen LogP contribution in [0.25, 0.3) is 10.9 Å². The summed E-state index contributed by atoms with van der Waals surface area (Å²) in [6.07, 6.45) is -7.22. The van der Waals surface area contributed by atoms with Crippen LogP contribution in [0.15, 0.2) is 66.7 Å². The summed E-state index contributed by atoms with van der Waals surface area (Å²) in [5, 5.41) is 0.953. The Hall–Kier alpha value is -6.99. The standard InChI is InChI=1S/C24BF20.C19H15BrNO3/c26-5-1(6(27)14(35)21(42)13(5)34)25(2-7(28)15(36)22(43)16(37)8(2)29,3-9(30)17(38)23(44)18(39)10(3)31)4-11(32)19(40)24(45)20(41)12(4)33;20-13-24-19(23)17-11-10-14-6-4-5-9-16(14)21(17)12-18(22)15-7-2-1-3-8-15/h;1-11H,12-13H2/q-1;+1. The number of rotatable bonds is 9. The monoisotopic (exact) mass is 1060 g/mol. The molecule has 0 saturated heterocycles. The minimum Gasteiger partial charge on any atom is -0.446 e. The Kier molecular flexibility index (Phi) is 14.6. The number of carbonyl (C=O) groups excluding carboxylic acids is 2. The van der Waals surface area contributed by atoms with Gasteiger partial charge in [0, 0.05) is 23.1 Å². The van der Waals surface area contributed by atoms with Crippen LogP contribution in [0.3, 0.4) is 0 Å². The van der Waals surface area contributed by atoms with Crippen molar-refractivity contribution >= 4 is 66.6 Å². The summed E-state index contributed by atoms with van der Waals surface area (Å²) in [6, 6.07) is 20.2. The molecule has 0 aliphatic carbocycles. The fourth-order valence-electron chi connectivity index (χ4n) is 7.47. The maximum absolute atomic E-state index is 15.4. The van der Waals surface area contributed by atoms with E-state index in [1.165, 1.54) is 0 Å². The summed E-state index contributed by atoms with van der Waals surface area (Å²) in [7, 11) is 0. The zero-order valence-electron chi connectivity index (χ0n) is 33.0. The van der Waals surface area contributed by atoms with Gasteiger partial charge in [-0.05, 0) is 28.1 Å². The molecule has 0 spiro atoms. The lowest BCUT2D eigenvalue weighted by Gasteiger charge is -2.44. The largest absolute Gasteiger partial charge is 0.446 e. The van der Waals surface area contributed by atoms with Gasteiger partial charge in [-0.2, -0.15) is 4.57 Å². The van der Waals surface area contributed by atoms with Crippen LogP contribution in [0, 0.1) is 116 Å². The lowest BCUT2D eigenvalue weighted by molar-refractivity contribution is -0.659. The molecule has 69 heavy (non-hydrogen) atoms. The van der Waals surface area contributed by atoms with Gasteiger partial charge in [-0.1, -0.05) is 42.5 Å². The molecule has 0 amide bonds. The van der Waals surface area contributed by atoms with Crippen LogP contribution in [0.1, 0.15) is 20.8 Å². The summed E-state index contributed by atoms with van der Waals surface area (Å²) in [6.45, 7) is 0.0675. The van der Waals surface area contributed by atoms with Crippen molar-refractivity contribution in [2.24, 2.45) is 0 Å². The number of hydrogen-bond acceptors (Lipinski definition) is 3. The Morgan fingerprint density at radius 3 is 1.04 bits per heavy atom. The van der Waals surface area contributed by atoms with E-state index in [2.05, 4.69) is 15.9 Å². The first-order valence-electron chi connectivity index (χ1n) is 18.4. The van der Waals surface area contributed by atoms with Crippen molar-refractivity contribution in [1.29, 1.82) is 0 Å². The quantitative estimate of drug-likeness (QED) is 0.0212. The van der Waals surface area contributed by atoms with Crippen molar-refractivity contribution in [2.45, 2.75) is 6.54 Å². The summed E-state index contributed by atoms with van der Waals surface area (Å²) in [5.74, 6) is -71.9. The van der Waals surface area contributed by atoms with Crippen LogP contribution in [-0.4, -0.2) is 23.4 Å². The minimum atomic E-state index is -7.22. The molecule has 0 N–H and O–H groups in total. The van der Waals surface area contributed by atoms with Gasteiger partial charge >= 0.3 is 5.97 Å². The van der Waals surface area contributed by atoms with Crippen LogP contribution in [0.4, 0.5) is 87.8 Å². The fourth-order valence-corrected chi connectivity index (χ4v) is 7.68. The van der Waals surface area contributed by atoms with Gasteiger partial charge < -0.3 is 4.74 Å². The molecule has 0 saturated carbocycles. The zero-order valence-corrected chi connectivity index (χ0v) is 34.5. The number of Topliss-reactive ketones (excluding diaryl/α,β-unsaturated/α-hetero) is 1. The molecule has 26 heteroatoms. The Labute approximate surface area is 379 Å². The molecule has 4 nitrogen and oxygen atoms in total. The first-order chi connectivity index (χ1) is 32.4. The molecule has 0 bridgehead atoms. The molecule has 0 aliphatic heterocycles. The first-order valence-corrected chi connectivity index (χ1v) is 19.5. The highest BCUT2D eigenvalue weighted by Gasteiger charge is 2.52. The number of alkyl halides is 1. The minimum absolute atomic E-state index is 0.0650. The molecule has 360 valence electrons. The molecule has 0 radical (unpaired) electrons. The molecule has 1 aromatic heterocycles. The Morgan fingerprint density at radius 2 is 0.710 bits per heavy atom. The number of esters is 1. The second-order valence-corrected chi connectivity index (χ2v) is 14.5. The summed E-state index contributed by atoms with van der Waals surface area (Å²) in [5.41, 5.74) is -12.5. The van der Waals surface area contributed by atoms with Gasteiger partial charge in [-0.25, -0.2) is 92.6 Å². The van der Waals surface area contributed by atoms with E-state index in [1.54, 1.807) is 22.8 Å². The van der Waals surface area contributed by atoms with Crippen molar-refractivity contribution in [3.63, 3.8) is 0 Å². The molecule has 0 aliphatic rings. The molecular weight excluding hydrogens is 1050 g/mol. The van der Waals surface area contributed by atoms with E-state index in [9.17, 15) is 62.3 Å². The van der Waals surface area contributed by atoms with Gasteiger partial charge in [0.1, 0.15) is 58.2 Å². The number of nitrogens with zero attached hydrogens (tertiary/aromatic N) is 1. The molecule has 0 unspecified atom stereocenters. The van der Waals surface area contributed by atoms with Gasteiger partial charge in [0.05, 0.1) is 0 Å². The fraction of sp³-hybridized carbons (Fsp3) is 0.0465. The number of benzene rings is 6. The Bertz CT molecular complexity index is 2890. The average molecular weight is 1060 g/mol. The van der Waals surface area contributed by atoms with Crippen molar-refractivity contribution < 1.29 is 107 Å². The van der Waals surface area contributed by atoms with Crippen molar-refractivity contribution in [2.75, 3.05) is 5.52 Å². The van der Waals surface area contributed by atoms with Gasteiger partial charge in [0.2, 0.25) is 17.8 Å². The average Bonchev–Trinajstić information content (AvgIpc) is 3.34. The lowest BCUT2D eigenvalue weighted by Crippen LogP contribution is -2.81. The number of carbonyl (C=O) groups is 2. The van der Waals surface area contributed by atoms with Gasteiger partial charge in [0.25, 0.3) is 5.69 Å². The number of fused-ring (bicyclic) bond motifs is 1. The molecule has 0 atom stereocenters. The van der Waals surface area contributed by atoms with Crippen molar-refractivity contribution in [3.05, 3.63) is 194 Å². The predicted molar refractivity (Wildman–Crippen MR) is 203 cm³/mol. The third-order valence-corrected chi connectivity index (χ3v) is 10.7. The van der Waals surface area contributed by atoms with Crippen LogP contribution in [-0.2, 0) is 11.3 Å². The highest BCUT2D eigenvalue weighted by atomic mass is 79.9. The lowest BCUT2D eigenvalue weighted by atomic mass is 9.12. The van der Waals surface area contributed by atoms with Crippen LogP contribution >= 0.6 is 15.9 Å². The molecule has 1 heterocycles. The number of hydrogen-bond donors (Lipinski definition) is 0. The second-order valence-electron chi connectivity index (χ2n) is 14.0. The maximum Gasteiger partial charge on any atom is 0.404 e. The maximum atomic E-state index is 15.4. The highest BCUT2D eigenvalue weighted by molar-refractivity contribution is 9.09. The smallest absolute Gasteiger partial charge is 0.404 e. The van der Waals surface area contributed by atoms with E-state index in [1.807, 2.05) is 48.5 Å².